The van der Waals surface area contributed by atoms with Gasteiger partial charge in [-0.2, -0.15) is 0 Å². The number of furan rings is 1. The second kappa shape index (κ2) is 7.32. The molecule has 0 radical (unpaired) electrons. The molecule has 2 heterocycles. The topological polar surface area (TPSA) is 100 Å². The second-order valence-corrected chi connectivity index (χ2v) is 9.45. The first kappa shape index (κ1) is 21.8. The maximum absolute atomic E-state index is 14.7. The molecule has 168 valence electrons. The Morgan fingerprint density at radius 2 is 1.72 bits per heavy atom. The van der Waals surface area contributed by atoms with Crippen LogP contribution < -0.4 is 26.8 Å². The highest BCUT2D eigenvalue weighted by molar-refractivity contribution is 6.05. The van der Waals surface area contributed by atoms with E-state index >= 15 is 0 Å². The van der Waals surface area contributed by atoms with Crippen molar-refractivity contribution in [2.45, 2.75) is 53.6 Å². The average molecular weight is 439 g/mol. The first-order valence-electron chi connectivity index (χ1n) is 10.5. The summed E-state index contributed by atoms with van der Waals surface area (Å²) in [7, 11) is 0. The standard InChI is InChI=1S/C24H26FN3O4/c1-10-9-15(32-12(10)3)22(24(4,5)6)28-19-18(20(29)21(19)30)27-17-14(25)8-7-13-11(2)26-23(31)16(13)17/h7-9,11,22,27-28H,1-6H3,(H,26,31)/t11-,22+/m1/s1. The molecule has 0 bridgehead atoms. The number of fused-ring (bicyclic) bond motifs is 1. The molecule has 1 amide bonds. The zero-order valence-corrected chi connectivity index (χ0v) is 18.9. The molecule has 0 saturated carbocycles. The van der Waals surface area contributed by atoms with E-state index in [0.717, 1.165) is 11.3 Å². The molecule has 2 aromatic carbocycles. The molecule has 0 fully saturated rings. The first-order chi connectivity index (χ1) is 14.9. The molecule has 1 aliphatic rings. The Labute approximate surface area is 184 Å². The molecule has 7 nitrogen and oxygen atoms in total. The summed E-state index contributed by atoms with van der Waals surface area (Å²) in [5.74, 6) is 0.279. The quantitative estimate of drug-likeness (QED) is 0.510. The Morgan fingerprint density at radius 1 is 1.06 bits per heavy atom. The van der Waals surface area contributed by atoms with Crippen LogP contribution in [0.2, 0.25) is 0 Å². The van der Waals surface area contributed by atoms with Crippen molar-refractivity contribution < 1.29 is 13.6 Å². The number of halogens is 1. The Kier molecular flexibility index (Phi) is 4.99. The number of amides is 1. The van der Waals surface area contributed by atoms with Crippen molar-refractivity contribution in [2.24, 2.45) is 5.41 Å². The van der Waals surface area contributed by atoms with Gasteiger partial charge in [0.15, 0.2) is 0 Å². The smallest absolute Gasteiger partial charge is 0.254 e. The monoisotopic (exact) mass is 439 g/mol. The molecular formula is C24H26FN3O4. The number of anilines is 3. The van der Waals surface area contributed by atoms with Crippen LogP contribution in [0.4, 0.5) is 21.5 Å². The van der Waals surface area contributed by atoms with E-state index in [-0.39, 0.29) is 34.1 Å². The van der Waals surface area contributed by atoms with Gasteiger partial charge in [-0.1, -0.05) is 26.8 Å². The van der Waals surface area contributed by atoms with Crippen LogP contribution in [-0.2, 0) is 0 Å². The van der Waals surface area contributed by atoms with Crippen LogP contribution in [0.1, 0.15) is 72.8 Å². The van der Waals surface area contributed by atoms with Gasteiger partial charge in [-0.3, -0.25) is 14.4 Å². The third kappa shape index (κ3) is 3.39. The van der Waals surface area contributed by atoms with E-state index in [1.54, 1.807) is 6.92 Å². The van der Waals surface area contributed by atoms with Crippen molar-refractivity contribution in [3.05, 3.63) is 72.7 Å². The zero-order chi connectivity index (χ0) is 23.5. The van der Waals surface area contributed by atoms with E-state index in [2.05, 4.69) is 16.0 Å². The van der Waals surface area contributed by atoms with Gasteiger partial charge in [-0.05, 0) is 49.4 Å². The Hall–Kier alpha value is -3.42. The van der Waals surface area contributed by atoms with E-state index in [9.17, 15) is 18.8 Å². The van der Waals surface area contributed by atoms with Crippen molar-refractivity contribution in [3.63, 3.8) is 0 Å². The molecule has 0 saturated heterocycles. The largest absolute Gasteiger partial charge is 0.464 e. The summed E-state index contributed by atoms with van der Waals surface area (Å²) in [6.07, 6.45) is 0. The number of rotatable bonds is 5. The van der Waals surface area contributed by atoms with Crippen molar-refractivity contribution in [2.75, 3.05) is 10.6 Å². The Bertz CT molecular complexity index is 1290. The maximum Gasteiger partial charge on any atom is 0.254 e. The number of carbonyl (C=O) groups excluding carboxylic acids is 1. The van der Waals surface area contributed by atoms with Gasteiger partial charge in [-0.25, -0.2) is 4.39 Å². The van der Waals surface area contributed by atoms with E-state index in [1.807, 2.05) is 40.7 Å². The van der Waals surface area contributed by atoms with Crippen LogP contribution in [0.15, 0.2) is 32.2 Å². The lowest BCUT2D eigenvalue weighted by molar-refractivity contribution is 0.0959. The summed E-state index contributed by atoms with van der Waals surface area (Å²) in [4.78, 5) is 37.2. The minimum absolute atomic E-state index is 0.0464. The van der Waals surface area contributed by atoms with E-state index in [4.69, 9.17) is 4.42 Å². The summed E-state index contributed by atoms with van der Waals surface area (Å²) in [5, 5.41) is 8.60. The number of hydrogen-bond acceptors (Lipinski definition) is 6. The van der Waals surface area contributed by atoms with Gasteiger partial charge in [0.05, 0.1) is 23.3 Å². The van der Waals surface area contributed by atoms with Gasteiger partial charge < -0.3 is 20.4 Å². The fraction of sp³-hybridized carbons (Fsp3) is 0.375. The average Bonchev–Trinajstić information content (AvgIpc) is 3.18. The van der Waals surface area contributed by atoms with Gasteiger partial charge in [0.2, 0.25) is 0 Å². The molecule has 3 aromatic rings. The maximum atomic E-state index is 14.7. The van der Waals surface area contributed by atoms with Crippen LogP contribution in [-0.4, -0.2) is 5.91 Å². The third-order valence-electron chi connectivity index (χ3n) is 6.01. The highest BCUT2D eigenvalue weighted by atomic mass is 19.1. The summed E-state index contributed by atoms with van der Waals surface area (Å²) < 4.78 is 20.6. The minimum Gasteiger partial charge on any atom is -0.464 e. The van der Waals surface area contributed by atoms with Crippen LogP contribution in [0.25, 0.3) is 0 Å². The van der Waals surface area contributed by atoms with Crippen LogP contribution in [0.5, 0.6) is 0 Å². The van der Waals surface area contributed by atoms with Crippen LogP contribution >= 0.6 is 0 Å². The number of hydrogen-bond donors (Lipinski definition) is 3. The lowest BCUT2D eigenvalue weighted by Gasteiger charge is -2.31. The molecule has 0 aliphatic carbocycles. The molecular weight excluding hydrogens is 413 g/mol. The van der Waals surface area contributed by atoms with Gasteiger partial charge in [0.25, 0.3) is 16.8 Å². The van der Waals surface area contributed by atoms with Crippen molar-refractivity contribution >= 4 is 23.0 Å². The summed E-state index contributed by atoms with van der Waals surface area (Å²) in [6.45, 7) is 11.5. The molecule has 4 rings (SSSR count). The van der Waals surface area contributed by atoms with E-state index < -0.39 is 28.6 Å². The minimum atomic E-state index is -0.768. The predicted molar refractivity (Wildman–Crippen MR) is 121 cm³/mol. The van der Waals surface area contributed by atoms with Crippen LogP contribution in [0, 0.1) is 25.1 Å². The van der Waals surface area contributed by atoms with Gasteiger partial charge in [0, 0.05) is 0 Å². The highest BCUT2D eigenvalue weighted by Gasteiger charge is 2.35. The van der Waals surface area contributed by atoms with Gasteiger partial charge in [0.1, 0.15) is 28.7 Å². The SMILES string of the molecule is Cc1cc([C@H](Nc2c(Nc3c(F)ccc4c3C(=O)N[C@@H]4C)c(=O)c2=O)C(C)(C)C)oc1C. The summed E-state index contributed by atoms with van der Waals surface area (Å²) in [5.41, 5.74) is -0.236. The number of aryl methyl sites for hydroxylation is 2. The number of benzene rings is 1. The Morgan fingerprint density at radius 3 is 2.31 bits per heavy atom. The van der Waals surface area contributed by atoms with Gasteiger partial charge in [-0.15, -0.1) is 0 Å². The number of carbonyl (C=O) groups is 1. The summed E-state index contributed by atoms with van der Waals surface area (Å²) >= 11 is 0. The van der Waals surface area contributed by atoms with E-state index in [1.165, 1.54) is 12.1 Å². The molecule has 1 aliphatic heterocycles. The molecule has 1 aromatic heterocycles. The van der Waals surface area contributed by atoms with Gasteiger partial charge >= 0.3 is 0 Å². The fourth-order valence-corrected chi connectivity index (χ4v) is 4.04. The zero-order valence-electron chi connectivity index (χ0n) is 18.9. The molecule has 3 N–H and O–H groups in total. The van der Waals surface area contributed by atoms with Crippen molar-refractivity contribution in [3.8, 4) is 0 Å². The predicted octanol–water partition coefficient (Wildman–Crippen LogP) is 4.38. The lowest BCUT2D eigenvalue weighted by atomic mass is 9.84. The van der Waals surface area contributed by atoms with Crippen molar-refractivity contribution in [1.82, 2.24) is 5.32 Å². The Balaban J connectivity index is 1.74. The fourth-order valence-electron chi connectivity index (χ4n) is 4.04. The third-order valence-corrected chi connectivity index (χ3v) is 6.01. The first-order valence-corrected chi connectivity index (χ1v) is 10.5. The molecule has 32 heavy (non-hydrogen) atoms. The van der Waals surface area contributed by atoms with Crippen molar-refractivity contribution in [1.29, 1.82) is 0 Å². The normalized spacial score (nSPS) is 16.7. The van der Waals surface area contributed by atoms with Crippen LogP contribution in [0.3, 0.4) is 0 Å². The lowest BCUT2D eigenvalue weighted by Crippen LogP contribution is -2.39. The summed E-state index contributed by atoms with van der Waals surface area (Å²) in [6, 6.07) is 3.97. The highest BCUT2D eigenvalue weighted by Crippen LogP contribution is 2.40. The number of nitrogens with one attached hydrogen (secondary N) is 3. The molecule has 2 atom stereocenters. The molecule has 0 unspecified atom stereocenters. The molecule has 0 spiro atoms. The molecule has 8 heteroatoms. The second-order valence-electron chi connectivity index (χ2n) is 9.45. The van der Waals surface area contributed by atoms with E-state index in [0.29, 0.717) is 11.3 Å².